The molecule has 0 unspecified atom stereocenters. The fourth-order valence-corrected chi connectivity index (χ4v) is 2.86. The molecule has 0 aromatic heterocycles. The van der Waals surface area contributed by atoms with Gasteiger partial charge in [0, 0.05) is 14.5 Å². The zero-order valence-corrected chi connectivity index (χ0v) is 14.2. The van der Waals surface area contributed by atoms with Crippen molar-refractivity contribution in [1.29, 1.82) is 0 Å². The molecule has 1 N–H and O–H groups in total. The molecule has 0 bridgehead atoms. The average molecular weight is 418 g/mol. The Kier molecular flexibility index (Phi) is 5.00. The molecule has 0 radical (unpaired) electrons. The van der Waals surface area contributed by atoms with Crippen LogP contribution in [0.25, 0.3) is 0 Å². The van der Waals surface area contributed by atoms with Crippen LogP contribution < -0.4 is 4.74 Å². The molecule has 3 nitrogen and oxygen atoms in total. The molecule has 110 valence electrons. The summed E-state index contributed by atoms with van der Waals surface area (Å²) in [5.41, 5.74) is 1.05. The summed E-state index contributed by atoms with van der Waals surface area (Å²) in [6, 6.07) is 7.73. The first-order valence-electron chi connectivity index (χ1n) is 5.98. The second-order valence-electron chi connectivity index (χ2n) is 4.43. The van der Waals surface area contributed by atoms with Crippen molar-refractivity contribution in [1.82, 2.24) is 0 Å². The van der Waals surface area contributed by atoms with Gasteiger partial charge in [-0.3, -0.25) is 0 Å². The molecule has 0 aliphatic heterocycles. The van der Waals surface area contributed by atoms with Gasteiger partial charge in [0.25, 0.3) is 0 Å². The van der Waals surface area contributed by atoms with Crippen LogP contribution in [0.1, 0.15) is 21.5 Å². The number of carboxylic acids is 1. The monoisotopic (exact) mass is 416 g/mol. The van der Waals surface area contributed by atoms with E-state index >= 15 is 0 Å². The minimum Gasteiger partial charge on any atom is -0.488 e. The Labute approximate surface area is 138 Å². The number of rotatable bonds is 4. The Balaban J connectivity index is 2.32. The number of ether oxygens (including phenoxy) is 1. The van der Waals surface area contributed by atoms with Gasteiger partial charge in [-0.25, -0.2) is 9.18 Å². The van der Waals surface area contributed by atoms with E-state index in [2.05, 4.69) is 31.9 Å². The Hall–Kier alpha value is -1.40. The number of halogens is 3. The second kappa shape index (κ2) is 6.58. The fourth-order valence-electron chi connectivity index (χ4n) is 1.88. The van der Waals surface area contributed by atoms with Crippen molar-refractivity contribution in [3.8, 4) is 5.75 Å². The number of aromatic carboxylic acids is 1. The minimum atomic E-state index is -1.09. The van der Waals surface area contributed by atoms with Gasteiger partial charge in [0.1, 0.15) is 23.7 Å². The van der Waals surface area contributed by atoms with Crippen LogP contribution in [0, 0.1) is 12.7 Å². The van der Waals surface area contributed by atoms with Crippen molar-refractivity contribution in [3.63, 3.8) is 0 Å². The van der Waals surface area contributed by atoms with Crippen molar-refractivity contribution in [2.75, 3.05) is 0 Å². The van der Waals surface area contributed by atoms with Crippen LogP contribution in [0.4, 0.5) is 4.39 Å². The molecular formula is C15H11Br2FO3. The Morgan fingerprint density at radius 1 is 1.24 bits per heavy atom. The highest BCUT2D eigenvalue weighted by atomic mass is 79.9. The topological polar surface area (TPSA) is 46.5 Å². The standard InChI is InChI=1S/C15H11Br2FO3/c1-8-4-11(17)6-12(15(19)20)14(8)21-7-9-5-10(16)2-3-13(9)18/h2-6H,7H2,1H3,(H,19,20). The third-order valence-corrected chi connectivity index (χ3v) is 3.80. The first-order valence-corrected chi connectivity index (χ1v) is 7.57. The molecular weight excluding hydrogens is 407 g/mol. The van der Waals surface area contributed by atoms with Gasteiger partial charge in [-0.05, 0) is 42.8 Å². The largest absolute Gasteiger partial charge is 0.488 e. The van der Waals surface area contributed by atoms with Crippen LogP contribution in [0.15, 0.2) is 39.3 Å². The van der Waals surface area contributed by atoms with E-state index in [9.17, 15) is 14.3 Å². The normalized spacial score (nSPS) is 10.5. The van der Waals surface area contributed by atoms with Gasteiger partial charge >= 0.3 is 5.97 Å². The maximum atomic E-state index is 13.7. The lowest BCUT2D eigenvalue weighted by Gasteiger charge is -2.13. The first-order chi connectivity index (χ1) is 9.88. The number of carbonyl (C=O) groups is 1. The summed E-state index contributed by atoms with van der Waals surface area (Å²) >= 11 is 6.51. The van der Waals surface area contributed by atoms with E-state index in [1.54, 1.807) is 25.1 Å². The van der Waals surface area contributed by atoms with Crippen molar-refractivity contribution in [3.05, 3.63) is 61.8 Å². The predicted molar refractivity (Wildman–Crippen MR) is 84.3 cm³/mol. The number of hydrogen-bond donors (Lipinski definition) is 1. The van der Waals surface area contributed by atoms with E-state index in [0.29, 0.717) is 15.6 Å². The van der Waals surface area contributed by atoms with Crippen LogP contribution in [-0.2, 0) is 6.61 Å². The van der Waals surface area contributed by atoms with E-state index in [4.69, 9.17) is 4.74 Å². The van der Waals surface area contributed by atoms with Crippen LogP contribution in [0.3, 0.4) is 0 Å². The highest BCUT2D eigenvalue weighted by Gasteiger charge is 2.16. The van der Waals surface area contributed by atoms with Gasteiger partial charge in [0.05, 0.1) is 0 Å². The summed E-state index contributed by atoms with van der Waals surface area (Å²) in [5.74, 6) is -1.25. The van der Waals surface area contributed by atoms with Gasteiger partial charge in [-0.2, -0.15) is 0 Å². The average Bonchev–Trinajstić information content (AvgIpc) is 2.40. The van der Waals surface area contributed by atoms with Crippen LogP contribution >= 0.6 is 31.9 Å². The molecule has 21 heavy (non-hydrogen) atoms. The molecule has 0 aliphatic rings. The van der Waals surface area contributed by atoms with E-state index in [-0.39, 0.29) is 17.9 Å². The molecule has 0 aliphatic carbocycles. The van der Waals surface area contributed by atoms with Gasteiger partial charge in [-0.15, -0.1) is 0 Å². The zero-order chi connectivity index (χ0) is 15.6. The van der Waals surface area contributed by atoms with Crippen molar-refractivity contribution in [2.45, 2.75) is 13.5 Å². The van der Waals surface area contributed by atoms with Gasteiger partial charge < -0.3 is 9.84 Å². The fraction of sp³-hybridized carbons (Fsp3) is 0.133. The molecule has 0 saturated carbocycles. The zero-order valence-electron chi connectivity index (χ0n) is 11.0. The van der Waals surface area contributed by atoms with Crippen molar-refractivity contribution >= 4 is 37.8 Å². The van der Waals surface area contributed by atoms with Crippen molar-refractivity contribution in [2.24, 2.45) is 0 Å². The molecule has 6 heteroatoms. The molecule has 0 atom stereocenters. The predicted octanol–water partition coefficient (Wildman–Crippen LogP) is 4.94. The molecule has 0 saturated heterocycles. The SMILES string of the molecule is Cc1cc(Br)cc(C(=O)O)c1OCc1cc(Br)ccc1F. The van der Waals surface area contributed by atoms with Crippen LogP contribution in [0.5, 0.6) is 5.75 Å². The second-order valence-corrected chi connectivity index (χ2v) is 6.26. The molecule has 0 fully saturated rings. The molecule has 2 aromatic carbocycles. The van der Waals surface area contributed by atoms with E-state index in [1.165, 1.54) is 12.1 Å². The number of carboxylic acid groups (broad SMARTS) is 1. The Morgan fingerprint density at radius 3 is 2.62 bits per heavy atom. The Morgan fingerprint density at radius 2 is 1.95 bits per heavy atom. The molecule has 2 rings (SSSR count). The third-order valence-electron chi connectivity index (χ3n) is 2.85. The maximum Gasteiger partial charge on any atom is 0.339 e. The quantitative estimate of drug-likeness (QED) is 0.766. The highest BCUT2D eigenvalue weighted by Crippen LogP contribution is 2.29. The van der Waals surface area contributed by atoms with Gasteiger partial charge in [-0.1, -0.05) is 31.9 Å². The lowest BCUT2D eigenvalue weighted by atomic mass is 10.1. The first kappa shape index (κ1) is 16.0. The molecule has 2 aromatic rings. The molecule has 0 heterocycles. The summed E-state index contributed by atoms with van der Waals surface area (Å²) in [4.78, 5) is 11.3. The minimum absolute atomic E-state index is 0.0391. The number of aryl methyl sites for hydroxylation is 1. The smallest absolute Gasteiger partial charge is 0.339 e. The van der Waals surface area contributed by atoms with E-state index in [0.717, 1.165) is 4.47 Å². The molecule has 0 amide bonds. The lowest BCUT2D eigenvalue weighted by Crippen LogP contribution is -2.06. The number of hydrogen-bond acceptors (Lipinski definition) is 2. The summed E-state index contributed by atoms with van der Waals surface area (Å²) in [5, 5.41) is 9.23. The van der Waals surface area contributed by atoms with Crippen molar-refractivity contribution < 1.29 is 19.0 Å². The summed E-state index contributed by atoms with van der Waals surface area (Å²) in [6.45, 7) is 1.69. The van der Waals surface area contributed by atoms with Crippen LogP contribution in [0.2, 0.25) is 0 Å². The Bertz CT molecular complexity index is 702. The van der Waals surface area contributed by atoms with Crippen LogP contribution in [-0.4, -0.2) is 11.1 Å². The number of benzene rings is 2. The van der Waals surface area contributed by atoms with E-state index in [1.807, 2.05) is 0 Å². The maximum absolute atomic E-state index is 13.7. The summed E-state index contributed by atoms with van der Waals surface area (Å²) < 4.78 is 20.6. The van der Waals surface area contributed by atoms with Gasteiger partial charge in [0.2, 0.25) is 0 Å². The van der Waals surface area contributed by atoms with Gasteiger partial charge in [0.15, 0.2) is 0 Å². The summed E-state index contributed by atoms with van der Waals surface area (Å²) in [7, 11) is 0. The lowest BCUT2D eigenvalue weighted by molar-refractivity contribution is 0.0691. The molecule has 0 spiro atoms. The third kappa shape index (κ3) is 3.83. The summed E-state index contributed by atoms with van der Waals surface area (Å²) in [6.07, 6.45) is 0. The van der Waals surface area contributed by atoms with E-state index < -0.39 is 11.8 Å². The highest BCUT2D eigenvalue weighted by molar-refractivity contribution is 9.10.